The summed E-state index contributed by atoms with van der Waals surface area (Å²) >= 11 is 0. The van der Waals surface area contributed by atoms with Crippen molar-refractivity contribution >= 4 is 16.0 Å². The maximum absolute atomic E-state index is 13.0. The van der Waals surface area contributed by atoms with Crippen LogP contribution in [0.5, 0.6) is 0 Å². The average molecular weight is 387 g/mol. The Morgan fingerprint density at radius 2 is 1.96 bits per heavy atom. The molecule has 0 bridgehead atoms. The summed E-state index contributed by atoms with van der Waals surface area (Å²) in [4.78, 5) is 11.6. The number of aryl methyl sites for hydroxylation is 1. The lowest BCUT2D eigenvalue weighted by Crippen LogP contribution is -2.36. The first-order chi connectivity index (χ1) is 12.9. The molecule has 27 heavy (non-hydrogen) atoms. The zero-order chi connectivity index (χ0) is 19.2. The first kappa shape index (κ1) is 17.4. The molecule has 1 aliphatic rings. The van der Waals surface area contributed by atoms with Gasteiger partial charge in [0, 0.05) is 50.2 Å². The van der Waals surface area contributed by atoms with Crippen molar-refractivity contribution in [1.82, 2.24) is 23.9 Å². The van der Waals surface area contributed by atoms with Crippen LogP contribution in [-0.2, 0) is 30.0 Å². The number of nitrogens with zero attached hydrogens (tertiary/aromatic N) is 5. The topological polar surface area (TPSA) is 110 Å². The number of sulfonamides is 1. The number of carboxylic acids is 1. The molecule has 0 atom stereocenters. The summed E-state index contributed by atoms with van der Waals surface area (Å²) in [6.07, 6.45) is 3.83. The molecule has 0 saturated heterocycles. The van der Waals surface area contributed by atoms with Gasteiger partial charge in [-0.3, -0.25) is 4.68 Å². The highest BCUT2D eigenvalue weighted by Crippen LogP contribution is 2.27. The second-order valence-corrected chi connectivity index (χ2v) is 8.17. The second-order valence-electron chi connectivity index (χ2n) is 6.24. The molecule has 0 spiro atoms. The Bertz CT molecular complexity index is 1100. The summed E-state index contributed by atoms with van der Waals surface area (Å²) in [7, 11) is -2.08. The summed E-state index contributed by atoms with van der Waals surface area (Å²) < 4.78 is 30.5. The van der Waals surface area contributed by atoms with Gasteiger partial charge in [0.2, 0.25) is 10.0 Å². The second kappa shape index (κ2) is 6.32. The van der Waals surface area contributed by atoms with Crippen molar-refractivity contribution in [3.8, 4) is 5.69 Å². The Morgan fingerprint density at radius 3 is 2.59 bits per heavy atom. The molecule has 3 aromatic rings. The fourth-order valence-electron chi connectivity index (χ4n) is 3.29. The molecule has 1 N–H and O–H groups in total. The van der Waals surface area contributed by atoms with E-state index < -0.39 is 16.0 Å². The van der Waals surface area contributed by atoms with Crippen LogP contribution in [0.4, 0.5) is 0 Å². The number of fused-ring (bicyclic) bond motifs is 1. The molecule has 0 saturated carbocycles. The number of hydrogen-bond acceptors (Lipinski definition) is 5. The van der Waals surface area contributed by atoms with E-state index in [1.54, 1.807) is 42.3 Å². The highest BCUT2D eigenvalue weighted by Gasteiger charge is 2.33. The molecule has 10 heteroatoms. The lowest BCUT2D eigenvalue weighted by molar-refractivity contribution is 0.0687. The minimum absolute atomic E-state index is 0.00591. The molecule has 0 unspecified atom stereocenters. The SMILES string of the molecule is Cn1nc(C(=O)O)c2c1CCN(S(=O)(=O)c1ccc(-n3cccn3)cc1)C2. The third kappa shape index (κ3) is 2.92. The minimum Gasteiger partial charge on any atom is -0.476 e. The molecular weight excluding hydrogens is 370 g/mol. The fraction of sp³-hybridized carbons (Fsp3) is 0.235. The average Bonchev–Trinajstić information content (AvgIpc) is 3.30. The van der Waals surface area contributed by atoms with E-state index in [1.807, 2.05) is 0 Å². The van der Waals surface area contributed by atoms with Crippen molar-refractivity contribution in [2.24, 2.45) is 7.05 Å². The smallest absolute Gasteiger partial charge is 0.356 e. The standard InChI is InChI=1S/C17H17N5O4S/c1-20-15-7-10-21(11-14(15)16(19-20)17(23)24)27(25,26)13-5-3-12(4-6-13)22-9-2-8-18-22/h2-6,8-9H,7,10-11H2,1H3,(H,23,24). The normalized spacial score (nSPS) is 14.9. The van der Waals surface area contributed by atoms with Crippen LogP contribution in [0.3, 0.4) is 0 Å². The van der Waals surface area contributed by atoms with Gasteiger partial charge < -0.3 is 5.11 Å². The van der Waals surface area contributed by atoms with Crippen LogP contribution in [0.25, 0.3) is 5.69 Å². The van der Waals surface area contributed by atoms with Gasteiger partial charge in [-0.05, 0) is 30.3 Å². The Hall–Kier alpha value is -2.98. The largest absolute Gasteiger partial charge is 0.476 e. The molecule has 0 amide bonds. The molecule has 4 rings (SSSR count). The van der Waals surface area contributed by atoms with Crippen molar-refractivity contribution in [1.29, 1.82) is 0 Å². The third-order valence-electron chi connectivity index (χ3n) is 4.65. The Kier molecular flexibility index (Phi) is 4.08. The molecule has 3 heterocycles. The third-order valence-corrected chi connectivity index (χ3v) is 6.51. The van der Waals surface area contributed by atoms with Crippen LogP contribution >= 0.6 is 0 Å². The van der Waals surface area contributed by atoms with E-state index in [-0.39, 0.29) is 23.7 Å². The van der Waals surface area contributed by atoms with Crippen molar-refractivity contribution in [2.75, 3.05) is 6.54 Å². The number of carbonyl (C=O) groups is 1. The highest BCUT2D eigenvalue weighted by atomic mass is 32.2. The van der Waals surface area contributed by atoms with Gasteiger partial charge >= 0.3 is 5.97 Å². The van der Waals surface area contributed by atoms with Crippen LogP contribution in [0, 0.1) is 0 Å². The molecule has 9 nitrogen and oxygen atoms in total. The van der Waals surface area contributed by atoms with Gasteiger partial charge in [-0.25, -0.2) is 17.9 Å². The van der Waals surface area contributed by atoms with Crippen LogP contribution in [0.2, 0.25) is 0 Å². The first-order valence-electron chi connectivity index (χ1n) is 8.26. The number of rotatable bonds is 4. The van der Waals surface area contributed by atoms with E-state index >= 15 is 0 Å². The van der Waals surface area contributed by atoms with Crippen LogP contribution in [-0.4, -0.2) is 49.9 Å². The molecule has 1 aromatic carbocycles. The number of aromatic nitrogens is 4. The van der Waals surface area contributed by atoms with Crippen LogP contribution in [0.1, 0.15) is 21.7 Å². The first-order valence-corrected chi connectivity index (χ1v) is 9.70. The Labute approximate surface area is 155 Å². The Morgan fingerprint density at radius 1 is 1.22 bits per heavy atom. The molecule has 1 aliphatic heterocycles. The van der Waals surface area contributed by atoms with E-state index in [0.29, 0.717) is 12.0 Å². The van der Waals surface area contributed by atoms with E-state index in [0.717, 1.165) is 11.4 Å². The predicted octanol–water partition coefficient (Wildman–Crippen LogP) is 1.05. The zero-order valence-electron chi connectivity index (χ0n) is 14.5. The number of aromatic carboxylic acids is 1. The van der Waals surface area contributed by atoms with Gasteiger partial charge in [0.05, 0.1) is 10.6 Å². The molecule has 0 fully saturated rings. The zero-order valence-corrected chi connectivity index (χ0v) is 15.3. The van der Waals surface area contributed by atoms with Crippen molar-refractivity contribution in [3.63, 3.8) is 0 Å². The summed E-state index contributed by atoms with van der Waals surface area (Å²) in [6, 6.07) is 8.21. The van der Waals surface area contributed by atoms with Crippen LogP contribution in [0.15, 0.2) is 47.6 Å². The number of hydrogen-bond donors (Lipinski definition) is 1. The quantitative estimate of drug-likeness (QED) is 0.716. The summed E-state index contributed by atoms with van der Waals surface area (Å²) in [5.41, 5.74) is 1.86. The van der Waals surface area contributed by atoms with E-state index in [2.05, 4.69) is 10.2 Å². The minimum atomic E-state index is -3.75. The van der Waals surface area contributed by atoms with Crippen molar-refractivity contribution in [2.45, 2.75) is 17.9 Å². The number of benzene rings is 1. The monoisotopic (exact) mass is 387 g/mol. The van der Waals surface area contributed by atoms with Crippen molar-refractivity contribution in [3.05, 3.63) is 59.7 Å². The van der Waals surface area contributed by atoms with E-state index in [1.165, 1.54) is 21.1 Å². The molecule has 2 aromatic heterocycles. The summed E-state index contributed by atoms with van der Waals surface area (Å²) in [5, 5.41) is 17.4. The summed E-state index contributed by atoms with van der Waals surface area (Å²) in [6.45, 7) is 0.267. The van der Waals surface area contributed by atoms with Gasteiger partial charge in [0.15, 0.2) is 5.69 Å². The molecule has 0 radical (unpaired) electrons. The fourth-order valence-corrected chi connectivity index (χ4v) is 4.69. The maximum Gasteiger partial charge on any atom is 0.356 e. The van der Waals surface area contributed by atoms with Crippen LogP contribution < -0.4 is 0 Å². The van der Waals surface area contributed by atoms with Crippen molar-refractivity contribution < 1.29 is 18.3 Å². The molecular formula is C17H17N5O4S. The maximum atomic E-state index is 13.0. The van der Waals surface area contributed by atoms with Gasteiger partial charge in [-0.15, -0.1) is 0 Å². The molecule has 140 valence electrons. The molecule has 0 aliphatic carbocycles. The number of carboxylic acid groups (broad SMARTS) is 1. The van der Waals surface area contributed by atoms with Gasteiger partial charge in [-0.2, -0.15) is 14.5 Å². The summed E-state index contributed by atoms with van der Waals surface area (Å²) in [5.74, 6) is -1.16. The van der Waals surface area contributed by atoms with E-state index in [4.69, 9.17) is 0 Å². The Balaban J connectivity index is 1.64. The van der Waals surface area contributed by atoms with Gasteiger partial charge in [-0.1, -0.05) is 0 Å². The lowest BCUT2D eigenvalue weighted by atomic mass is 10.1. The van der Waals surface area contributed by atoms with Gasteiger partial charge in [0.25, 0.3) is 0 Å². The highest BCUT2D eigenvalue weighted by molar-refractivity contribution is 7.89. The van der Waals surface area contributed by atoms with Gasteiger partial charge in [0.1, 0.15) is 0 Å². The lowest BCUT2D eigenvalue weighted by Gasteiger charge is -2.26. The predicted molar refractivity (Wildman–Crippen MR) is 95.0 cm³/mol. The van der Waals surface area contributed by atoms with E-state index in [9.17, 15) is 18.3 Å².